The second-order valence-electron chi connectivity index (χ2n) is 3.42. The van der Waals surface area contributed by atoms with Crippen LogP contribution >= 0.6 is 0 Å². The van der Waals surface area contributed by atoms with Crippen LogP contribution in [0.3, 0.4) is 0 Å². The van der Waals surface area contributed by atoms with E-state index in [0.29, 0.717) is 26.1 Å². The third kappa shape index (κ3) is 9.33. The van der Waals surface area contributed by atoms with Crippen LogP contribution in [0.25, 0.3) is 0 Å². The Morgan fingerprint density at radius 1 is 1.29 bits per heavy atom. The van der Waals surface area contributed by atoms with Crippen molar-refractivity contribution in [1.82, 2.24) is 4.90 Å². The van der Waals surface area contributed by atoms with Gasteiger partial charge in [-0.25, -0.2) is 0 Å². The summed E-state index contributed by atoms with van der Waals surface area (Å²) in [5, 5.41) is 8.50. The monoisotopic (exact) mass is 242 g/mol. The summed E-state index contributed by atoms with van der Waals surface area (Å²) in [4.78, 5) is 23.4. The quantitative estimate of drug-likeness (QED) is 0.571. The number of carbonyl (C=O) groups is 2. The van der Waals surface area contributed by atoms with Gasteiger partial charge in [0.2, 0.25) is 0 Å². The fourth-order valence-corrected chi connectivity index (χ4v) is 1.21. The lowest BCUT2D eigenvalue weighted by Crippen LogP contribution is -2.31. The van der Waals surface area contributed by atoms with Crippen LogP contribution in [0.4, 0.5) is 0 Å². The molecule has 0 radical (unpaired) electrons. The van der Waals surface area contributed by atoms with E-state index in [0.717, 1.165) is 0 Å². The highest BCUT2D eigenvalue weighted by molar-refractivity contribution is 5.69. The smallest absolute Gasteiger partial charge is 0.306 e. The normalized spacial score (nSPS) is 9.76. The fourth-order valence-electron chi connectivity index (χ4n) is 1.21. The molecule has 6 nitrogen and oxygen atoms in total. The molecule has 0 atom stereocenters. The van der Waals surface area contributed by atoms with Gasteiger partial charge in [0.25, 0.3) is 0 Å². The minimum absolute atomic E-state index is 0.266. The molecule has 0 bridgehead atoms. The molecule has 96 valence electrons. The van der Waals surface area contributed by atoms with Gasteiger partial charge in [-0.2, -0.15) is 5.26 Å². The van der Waals surface area contributed by atoms with Crippen molar-refractivity contribution in [1.29, 1.82) is 5.26 Å². The summed E-state index contributed by atoms with van der Waals surface area (Å²) in [7, 11) is 1.33. The minimum atomic E-state index is -0.335. The lowest BCUT2D eigenvalue weighted by atomic mass is 10.3. The van der Waals surface area contributed by atoms with E-state index in [9.17, 15) is 9.59 Å². The predicted molar refractivity (Wildman–Crippen MR) is 59.9 cm³/mol. The zero-order chi connectivity index (χ0) is 13.1. The van der Waals surface area contributed by atoms with E-state index in [1.165, 1.54) is 14.0 Å². The van der Waals surface area contributed by atoms with Crippen molar-refractivity contribution in [3.05, 3.63) is 0 Å². The van der Waals surface area contributed by atoms with Crippen LogP contribution in [0.2, 0.25) is 0 Å². The first-order valence-electron chi connectivity index (χ1n) is 5.39. The van der Waals surface area contributed by atoms with Gasteiger partial charge in [0.1, 0.15) is 6.61 Å². The molecule has 0 saturated heterocycles. The molecule has 0 saturated carbocycles. The number of nitrogens with zero attached hydrogens (tertiary/aromatic N) is 2. The van der Waals surface area contributed by atoms with Gasteiger partial charge in [-0.1, -0.05) is 0 Å². The molecule has 6 heteroatoms. The van der Waals surface area contributed by atoms with E-state index < -0.39 is 0 Å². The number of esters is 2. The molecule has 0 aromatic carbocycles. The van der Waals surface area contributed by atoms with Gasteiger partial charge in [-0.15, -0.1) is 0 Å². The Bertz CT molecular complexity index is 286. The average molecular weight is 242 g/mol. The van der Waals surface area contributed by atoms with Crippen molar-refractivity contribution in [3.63, 3.8) is 0 Å². The summed E-state index contributed by atoms with van der Waals surface area (Å²) in [6.45, 7) is 3.17. The van der Waals surface area contributed by atoms with Crippen molar-refractivity contribution in [3.8, 4) is 6.07 Å². The van der Waals surface area contributed by atoms with Crippen LogP contribution < -0.4 is 0 Å². The summed E-state index contributed by atoms with van der Waals surface area (Å²) in [5.41, 5.74) is 0. The summed E-state index contributed by atoms with van der Waals surface area (Å²) >= 11 is 0. The van der Waals surface area contributed by atoms with E-state index in [-0.39, 0.29) is 25.0 Å². The molecule has 0 spiro atoms. The lowest BCUT2D eigenvalue weighted by Gasteiger charge is -2.19. The molecule has 0 heterocycles. The van der Waals surface area contributed by atoms with Gasteiger partial charge in [-0.3, -0.25) is 14.5 Å². The zero-order valence-corrected chi connectivity index (χ0v) is 10.3. The van der Waals surface area contributed by atoms with Gasteiger partial charge in [0.05, 0.1) is 19.6 Å². The Kier molecular flexibility index (Phi) is 8.69. The molecule has 0 aliphatic carbocycles. The van der Waals surface area contributed by atoms with Crippen LogP contribution in [0.1, 0.15) is 19.8 Å². The Balaban J connectivity index is 3.91. The lowest BCUT2D eigenvalue weighted by molar-refractivity contribution is -0.143. The highest BCUT2D eigenvalue weighted by Crippen LogP contribution is 1.96. The Morgan fingerprint density at radius 3 is 2.53 bits per heavy atom. The standard InChI is InChI=1S/C11H18N2O4/c1-10(14)17-9-8-13(6-3-5-12)7-4-11(15)16-2/h3-4,6-9H2,1-2H3. The van der Waals surface area contributed by atoms with Crippen LogP contribution in [0.15, 0.2) is 0 Å². The molecule has 0 fully saturated rings. The molecule has 0 aromatic heterocycles. The Labute approximate surface area is 101 Å². The SMILES string of the molecule is COC(=O)CCN(CCC#N)CCOC(C)=O. The van der Waals surface area contributed by atoms with E-state index in [1.54, 1.807) is 0 Å². The van der Waals surface area contributed by atoms with E-state index >= 15 is 0 Å². The fraction of sp³-hybridized carbons (Fsp3) is 0.727. The van der Waals surface area contributed by atoms with Crippen molar-refractivity contribution in [2.45, 2.75) is 19.8 Å². The van der Waals surface area contributed by atoms with Crippen molar-refractivity contribution >= 4 is 11.9 Å². The number of ether oxygens (including phenoxy) is 2. The number of rotatable bonds is 8. The number of hydrogen-bond acceptors (Lipinski definition) is 6. The van der Waals surface area contributed by atoms with Gasteiger partial charge in [0.15, 0.2) is 0 Å². The summed E-state index contributed by atoms with van der Waals surface area (Å²) < 4.78 is 9.34. The third-order valence-electron chi connectivity index (χ3n) is 2.11. The predicted octanol–water partition coefficient (Wildman–Crippen LogP) is 0.328. The molecule has 17 heavy (non-hydrogen) atoms. The second-order valence-corrected chi connectivity index (χ2v) is 3.42. The molecule has 0 aromatic rings. The molecular weight excluding hydrogens is 224 g/mol. The van der Waals surface area contributed by atoms with Gasteiger partial charge >= 0.3 is 11.9 Å². The third-order valence-corrected chi connectivity index (χ3v) is 2.11. The first-order valence-corrected chi connectivity index (χ1v) is 5.39. The van der Waals surface area contributed by atoms with Crippen LogP contribution in [0.5, 0.6) is 0 Å². The second kappa shape index (κ2) is 9.60. The summed E-state index contributed by atoms with van der Waals surface area (Å²) in [6, 6.07) is 2.03. The van der Waals surface area contributed by atoms with Crippen LogP contribution in [-0.4, -0.2) is 50.2 Å². The maximum atomic E-state index is 11.0. The van der Waals surface area contributed by atoms with E-state index in [1.807, 2.05) is 11.0 Å². The number of methoxy groups -OCH3 is 1. The first kappa shape index (κ1) is 15.4. The van der Waals surface area contributed by atoms with Crippen molar-refractivity contribution in [2.24, 2.45) is 0 Å². The molecular formula is C11H18N2O4. The van der Waals surface area contributed by atoms with E-state index in [4.69, 9.17) is 10.00 Å². The maximum Gasteiger partial charge on any atom is 0.306 e. The number of hydrogen-bond donors (Lipinski definition) is 0. The highest BCUT2D eigenvalue weighted by atomic mass is 16.5. The van der Waals surface area contributed by atoms with Gasteiger partial charge in [0, 0.05) is 33.0 Å². The number of carbonyl (C=O) groups excluding carboxylic acids is 2. The van der Waals surface area contributed by atoms with Crippen molar-refractivity contribution in [2.75, 3.05) is 33.4 Å². The highest BCUT2D eigenvalue weighted by Gasteiger charge is 2.08. The van der Waals surface area contributed by atoms with Gasteiger partial charge < -0.3 is 9.47 Å². The largest absolute Gasteiger partial charge is 0.469 e. The summed E-state index contributed by atoms with van der Waals surface area (Å²) in [5.74, 6) is -0.627. The topological polar surface area (TPSA) is 79.6 Å². The maximum absolute atomic E-state index is 11.0. The first-order chi connectivity index (χ1) is 8.10. The molecule has 0 rings (SSSR count). The molecule has 0 aliphatic heterocycles. The van der Waals surface area contributed by atoms with Crippen LogP contribution in [-0.2, 0) is 19.1 Å². The minimum Gasteiger partial charge on any atom is -0.469 e. The number of nitriles is 1. The molecule has 0 amide bonds. The Hall–Kier alpha value is -1.61. The molecule has 0 unspecified atom stereocenters. The Morgan fingerprint density at radius 2 is 2.00 bits per heavy atom. The zero-order valence-electron chi connectivity index (χ0n) is 10.3. The summed E-state index contributed by atoms with van der Waals surface area (Å²) in [6.07, 6.45) is 0.642. The van der Waals surface area contributed by atoms with Crippen molar-refractivity contribution < 1.29 is 19.1 Å². The average Bonchev–Trinajstić information content (AvgIpc) is 2.31. The van der Waals surface area contributed by atoms with Gasteiger partial charge in [-0.05, 0) is 0 Å². The van der Waals surface area contributed by atoms with E-state index in [2.05, 4.69) is 4.74 Å². The molecule has 0 aliphatic rings. The molecule has 0 N–H and O–H groups in total. The van der Waals surface area contributed by atoms with Crippen LogP contribution in [0, 0.1) is 11.3 Å².